The molecule has 0 radical (unpaired) electrons. The maximum atomic E-state index is 12.5. The van der Waals surface area contributed by atoms with Gasteiger partial charge in [-0.1, -0.05) is 35.0 Å². The van der Waals surface area contributed by atoms with Gasteiger partial charge in [0, 0.05) is 14.9 Å². The molecular formula is C16H14BrClN2OS. The normalized spacial score (nSPS) is 12.7. The molecule has 1 atom stereocenters. The zero-order valence-electron chi connectivity index (χ0n) is 12.1. The molecule has 1 aromatic carbocycles. The Bertz CT molecular complexity index is 884. The second-order valence-electron chi connectivity index (χ2n) is 5.01. The lowest BCUT2D eigenvalue weighted by Crippen LogP contribution is -2.11. The molecule has 0 aliphatic heterocycles. The van der Waals surface area contributed by atoms with Crippen LogP contribution in [0.2, 0.25) is 0 Å². The predicted molar refractivity (Wildman–Crippen MR) is 97.0 cm³/mol. The topological polar surface area (TPSA) is 45.8 Å². The fourth-order valence-electron chi connectivity index (χ4n) is 2.43. The van der Waals surface area contributed by atoms with E-state index >= 15 is 0 Å². The van der Waals surface area contributed by atoms with E-state index in [4.69, 9.17) is 11.6 Å². The molecule has 0 spiro atoms. The number of aryl methyl sites for hydroxylation is 1. The number of halogens is 2. The van der Waals surface area contributed by atoms with Crippen molar-refractivity contribution >= 4 is 49.1 Å². The molecule has 0 bridgehead atoms. The first-order valence-electron chi connectivity index (χ1n) is 6.96. The molecule has 0 saturated carbocycles. The molecule has 0 aliphatic rings. The summed E-state index contributed by atoms with van der Waals surface area (Å²) in [6.07, 6.45) is 0.859. The third-order valence-electron chi connectivity index (χ3n) is 3.48. The largest absolute Gasteiger partial charge is 0.309 e. The van der Waals surface area contributed by atoms with Gasteiger partial charge in [-0.25, -0.2) is 4.98 Å². The fraction of sp³-hybridized carbons (Fsp3) is 0.250. The summed E-state index contributed by atoms with van der Waals surface area (Å²) in [6.45, 7) is 3.89. The van der Waals surface area contributed by atoms with Crippen LogP contribution in [0.15, 0.2) is 33.5 Å². The van der Waals surface area contributed by atoms with Crippen molar-refractivity contribution in [3.8, 4) is 11.1 Å². The number of thiophene rings is 1. The van der Waals surface area contributed by atoms with Gasteiger partial charge in [-0.05, 0) is 31.0 Å². The molecule has 6 heteroatoms. The van der Waals surface area contributed by atoms with E-state index in [2.05, 4.69) is 32.8 Å². The highest BCUT2D eigenvalue weighted by Crippen LogP contribution is 2.37. The minimum Gasteiger partial charge on any atom is -0.309 e. The van der Waals surface area contributed by atoms with Gasteiger partial charge in [-0.15, -0.1) is 22.9 Å². The van der Waals surface area contributed by atoms with Crippen molar-refractivity contribution in [2.24, 2.45) is 0 Å². The van der Waals surface area contributed by atoms with Crippen LogP contribution in [0.5, 0.6) is 0 Å². The Kier molecular flexibility index (Phi) is 4.39. The maximum Gasteiger partial charge on any atom is 0.260 e. The highest BCUT2D eigenvalue weighted by atomic mass is 79.9. The van der Waals surface area contributed by atoms with Gasteiger partial charge in [0.2, 0.25) is 0 Å². The van der Waals surface area contributed by atoms with Gasteiger partial charge in [0.05, 0.1) is 10.8 Å². The summed E-state index contributed by atoms with van der Waals surface area (Å²) in [5.74, 6) is 0.519. The number of alkyl halides is 1. The molecule has 2 heterocycles. The van der Waals surface area contributed by atoms with Gasteiger partial charge in [0.25, 0.3) is 5.56 Å². The Balaban J connectivity index is 2.33. The fourth-order valence-corrected chi connectivity index (χ4v) is 3.94. The van der Waals surface area contributed by atoms with Crippen LogP contribution in [0.25, 0.3) is 21.3 Å². The molecule has 3 nitrogen and oxygen atoms in total. The number of aromatic amines is 1. The Morgan fingerprint density at radius 3 is 2.64 bits per heavy atom. The van der Waals surface area contributed by atoms with Crippen LogP contribution in [-0.2, 0) is 6.42 Å². The zero-order chi connectivity index (χ0) is 15.9. The van der Waals surface area contributed by atoms with Crippen molar-refractivity contribution in [3.05, 3.63) is 49.8 Å². The summed E-state index contributed by atoms with van der Waals surface area (Å²) >= 11 is 11.1. The number of aromatic nitrogens is 2. The predicted octanol–water partition coefficient (Wildman–Crippen LogP) is 5.28. The molecular weight excluding hydrogens is 384 g/mol. The van der Waals surface area contributed by atoms with Crippen molar-refractivity contribution in [1.82, 2.24) is 9.97 Å². The number of fused-ring (bicyclic) bond motifs is 1. The van der Waals surface area contributed by atoms with Gasteiger partial charge in [0.15, 0.2) is 0 Å². The summed E-state index contributed by atoms with van der Waals surface area (Å²) in [4.78, 5) is 21.8. The molecule has 22 heavy (non-hydrogen) atoms. The molecule has 3 aromatic rings. The maximum absolute atomic E-state index is 12.5. The van der Waals surface area contributed by atoms with Crippen LogP contribution >= 0.6 is 38.9 Å². The molecule has 114 valence electrons. The minimum absolute atomic E-state index is 0.124. The second-order valence-corrected chi connectivity index (χ2v) is 7.66. The molecule has 0 fully saturated rings. The van der Waals surface area contributed by atoms with Gasteiger partial charge in [-0.2, -0.15) is 0 Å². The second kappa shape index (κ2) is 6.14. The third kappa shape index (κ3) is 2.73. The third-order valence-corrected chi connectivity index (χ3v) is 5.45. The van der Waals surface area contributed by atoms with Crippen molar-refractivity contribution in [3.63, 3.8) is 0 Å². The van der Waals surface area contributed by atoms with Gasteiger partial charge in [-0.3, -0.25) is 4.79 Å². The number of hydrogen-bond acceptors (Lipinski definition) is 3. The summed E-state index contributed by atoms with van der Waals surface area (Å²) < 4.78 is 1.01. The van der Waals surface area contributed by atoms with Crippen LogP contribution < -0.4 is 5.56 Å². The van der Waals surface area contributed by atoms with E-state index in [1.807, 2.05) is 24.3 Å². The van der Waals surface area contributed by atoms with Crippen molar-refractivity contribution < 1.29 is 0 Å². The average molecular weight is 398 g/mol. The Hall–Kier alpha value is -1.17. The molecule has 3 rings (SSSR count). The van der Waals surface area contributed by atoms with Crippen molar-refractivity contribution in [1.29, 1.82) is 0 Å². The van der Waals surface area contributed by atoms with E-state index in [0.717, 1.165) is 31.7 Å². The molecule has 2 aromatic heterocycles. The Morgan fingerprint density at radius 1 is 1.36 bits per heavy atom. The van der Waals surface area contributed by atoms with Gasteiger partial charge in [0.1, 0.15) is 10.7 Å². The number of nitrogens with zero attached hydrogens (tertiary/aromatic N) is 1. The van der Waals surface area contributed by atoms with E-state index in [0.29, 0.717) is 11.2 Å². The van der Waals surface area contributed by atoms with Crippen LogP contribution in [-0.4, -0.2) is 9.97 Å². The van der Waals surface area contributed by atoms with Gasteiger partial charge >= 0.3 is 0 Å². The first kappa shape index (κ1) is 15.7. The lowest BCUT2D eigenvalue weighted by molar-refractivity contribution is 0.917. The van der Waals surface area contributed by atoms with E-state index < -0.39 is 0 Å². The summed E-state index contributed by atoms with van der Waals surface area (Å²) in [5.41, 5.74) is 1.89. The summed E-state index contributed by atoms with van der Waals surface area (Å²) in [6, 6.07) is 7.99. The van der Waals surface area contributed by atoms with Gasteiger partial charge < -0.3 is 4.98 Å². The summed E-state index contributed by atoms with van der Waals surface area (Å²) in [5, 5.41) is 0.339. The smallest absolute Gasteiger partial charge is 0.260 e. The zero-order valence-corrected chi connectivity index (χ0v) is 15.3. The summed E-state index contributed by atoms with van der Waals surface area (Å²) in [7, 11) is 0. The van der Waals surface area contributed by atoms with Crippen LogP contribution in [0.3, 0.4) is 0 Å². The van der Waals surface area contributed by atoms with Crippen molar-refractivity contribution in [2.45, 2.75) is 25.6 Å². The average Bonchev–Trinajstić information content (AvgIpc) is 2.87. The van der Waals surface area contributed by atoms with Crippen molar-refractivity contribution in [2.75, 3.05) is 0 Å². The Morgan fingerprint density at radius 2 is 2.05 bits per heavy atom. The quantitative estimate of drug-likeness (QED) is 0.611. The highest BCUT2D eigenvalue weighted by molar-refractivity contribution is 9.10. The van der Waals surface area contributed by atoms with E-state index in [9.17, 15) is 4.79 Å². The molecule has 0 aliphatic carbocycles. The minimum atomic E-state index is -0.319. The number of benzene rings is 1. The first-order valence-corrected chi connectivity index (χ1v) is 9.01. The van der Waals surface area contributed by atoms with Crippen LogP contribution in [0, 0.1) is 0 Å². The lowest BCUT2D eigenvalue weighted by Gasteiger charge is -2.05. The van der Waals surface area contributed by atoms with Crippen LogP contribution in [0.1, 0.15) is 29.9 Å². The standard InChI is InChI=1S/C16H14BrClN2OS/c1-3-11-12(9-4-6-10(17)7-5-9)13-15(21)19-14(8(2)18)20-16(13)22-11/h4-8H,3H2,1-2H3,(H,19,20,21). The molecule has 1 N–H and O–H groups in total. The van der Waals surface area contributed by atoms with E-state index in [1.165, 1.54) is 0 Å². The Labute approximate surface area is 145 Å². The number of rotatable bonds is 3. The number of H-pyrrole nitrogens is 1. The first-order chi connectivity index (χ1) is 10.5. The SMILES string of the molecule is CCc1sc2nc(C(C)Cl)[nH]c(=O)c2c1-c1ccc(Br)cc1. The number of hydrogen-bond donors (Lipinski definition) is 1. The monoisotopic (exact) mass is 396 g/mol. The molecule has 0 amide bonds. The van der Waals surface area contributed by atoms with E-state index in [-0.39, 0.29) is 10.9 Å². The molecule has 1 unspecified atom stereocenters. The van der Waals surface area contributed by atoms with Crippen LogP contribution in [0.4, 0.5) is 0 Å². The lowest BCUT2D eigenvalue weighted by atomic mass is 10.0. The molecule has 0 saturated heterocycles. The number of nitrogens with one attached hydrogen (secondary N) is 1. The highest BCUT2D eigenvalue weighted by Gasteiger charge is 2.18. The van der Waals surface area contributed by atoms with E-state index in [1.54, 1.807) is 18.3 Å².